The fraction of sp³-hybridized carbons (Fsp3) is 0.500. The maximum absolute atomic E-state index is 13.4. The molecule has 1 aromatic heterocycles. The van der Waals surface area contributed by atoms with E-state index >= 15 is 0 Å². The van der Waals surface area contributed by atoms with Gasteiger partial charge in [0.05, 0.1) is 13.8 Å². The highest BCUT2D eigenvalue weighted by Crippen LogP contribution is 2.39. The fourth-order valence-electron chi connectivity index (χ4n) is 2.18. The van der Waals surface area contributed by atoms with Crippen LogP contribution < -0.4 is 0 Å². The van der Waals surface area contributed by atoms with Gasteiger partial charge in [-0.05, 0) is 25.3 Å². The van der Waals surface area contributed by atoms with Crippen LogP contribution in [0.5, 0.6) is 0 Å². The van der Waals surface area contributed by atoms with Gasteiger partial charge in [0.25, 0.3) is 0 Å². The highest BCUT2D eigenvalue weighted by atomic mass is 16.5. The number of nitrogens with zero attached hydrogens (tertiary/aromatic N) is 1. The molecule has 1 aromatic carbocycles. The van der Waals surface area contributed by atoms with Gasteiger partial charge in [0.15, 0.2) is 0 Å². The summed E-state index contributed by atoms with van der Waals surface area (Å²) < 4.78 is 155. The molecule has 2 aliphatic rings. The number of hydrogen-bond donors (Lipinski definition) is 1. The average molecular weight is 316 g/mol. The number of carbonyl (C=O) groups excluding carboxylic acids is 1. The van der Waals surface area contributed by atoms with Crippen molar-refractivity contribution in [2.75, 3.05) is 6.98 Å². The Bertz CT molecular complexity index is 1420. The van der Waals surface area contributed by atoms with Gasteiger partial charge in [-0.2, -0.15) is 0 Å². The van der Waals surface area contributed by atoms with E-state index in [4.69, 9.17) is 29.4 Å². The van der Waals surface area contributed by atoms with Crippen LogP contribution in [0.2, 0.25) is 0 Å². The summed E-state index contributed by atoms with van der Waals surface area (Å²) in [6.07, 6.45) is -16.9. The number of piperidine rings is 1. The molecule has 4 heteroatoms. The van der Waals surface area contributed by atoms with E-state index in [0.29, 0.717) is 6.92 Å². The second-order valence-corrected chi connectivity index (χ2v) is 4.63. The molecule has 116 valence electrons. The van der Waals surface area contributed by atoms with E-state index in [2.05, 4.69) is 4.98 Å². The van der Waals surface area contributed by atoms with Crippen LogP contribution in [0, 0.1) is 5.89 Å². The van der Waals surface area contributed by atoms with Gasteiger partial charge < -0.3 is 9.72 Å². The van der Waals surface area contributed by atoms with Gasteiger partial charge in [-0.1, -0.05) is 25.1 Å². The van der Waals surface area contributed by atoms with Crippen molar-refractivity contribution in [3.05, 3.63) is 35.9 Å². The van der Waals surface area contributed by atoms with Crippen LogP contribution in [0.1, 0.15) is 61.1 Å². The first-order valence-electron chi connectivity index (χ1n) is 15.3. The molecule has 2 bridgehead atoms. The van der Waals surface area contributed by atoms with Gasteiger partial charge in [0.2, 0.25) is 0 Å². The number of rotatable bonds is 2. The molecule has 0 radical (unpaired) electrons. The number of ether oxygens (including phenoxy) is 1. The molecule has 2 fully saturated rings. The molecule has 2 saturated heterocycles. The van der Waals surface area contributed by atoms with Crippen LogP contribution in [0.4, 0.5) is 0 Å². The Kier molecular flexibility index (Phi) is 1.02. The van der Waals surface area contributed by atoms with Crippen LogP contribution in [0.15, 0.2) is 30.3 Å². The van der Waals surface area contributed by atoms with Gasteiger partial charge in [0, 0.05) is 58.3 Å². The smallest absolute Gasteiger partial charge is 0.340 e. The predicted octanol–water partition coefficient (Wildman–Crippen LogP) is 3.20. The van der Waals surface area contributed by atoms with Crippen LogP contribution in [0.3, 0.4) is 0 Å². The van der Waals surface area contributed by atoms with Crippen molar-refractivity contribution in [2.24, 2.45) is 5.89 Å². The first kappa shape index (κ1) is 4.38. The van der Waals surface area contributed by atoms with Crippen molar-refractivity contribution in [2.45, 2.75) is 44.2 Å². The minimum Gasteiger partial charge on any atom is -0.459 e. The number of nitrogens with one attached hydrogen (secondary N) is 1. The Labute approximate surface area is 155 Å². The number of esters is 1. The maximum Gasteiger partial charge on any atom is 0.340 e. The summed E-state index contributed by atoms with van der Waals surface area (Å²) in [5.74, 6) is -5.17. The molecule has 22 heavy (non-hydrogen) atoms. The number of para-hydroxylation sites is 1. The van der Waals surface area contributed by atoms with Gasteiger partial charge in [-0.25, -0.2) is 4.79 Å². The third kappa shape index (κ3) is 2.13. The second kappa shape index (κ2) is 5.13. The first-order valence-corrected chi connectivity index (χ1v) is 6.28. The van der Waals surface area contributed by atoms with Gasteiger partial charge in [0.1, 0.15) is 6.08 Å². The normalized spacial score (nSPS) is 64.2. The average Bonchev–Trinajstić information content (AvgIpc) is 3.19. The molecular formula is C18H22N2O2. The van der Waals surface area contributed by atoms with Crippen LogP contribution in [-0.4, -0.2) is 40.9 Å². The number of aromatic nitrogens is 1. The molecular weight excluding hydrogens is 276 g/mol. The molecule has 1 N–H and O–H groups in total. The lowest BCUT2D eigenvalue weighted by Gasteiger charge is -2.36. The molecule has 4 nitrogen and oxygen atoms in total. The van der Waals surface area contributed by atoms with Crippen molar-refractivity contribution >= 4 is 16.9 Å². The molecule has 4 atom stereocenters. The molecule has 4 rings (SSSR count). The molecule has 0 saturated carbocycles. The van der Waals surface area contributed by atoms with E-state index < -0.39 is 108 Å². The van der Waals surface area contributed by atoms with Crippen molar-refractivity contribution in [3.63, 3.8) is 0 Å². The van der Waals surface area contributed by atoms with Crippen LogP contribution in [-0.2, 0) is 4.74 Å². The predicted molar refractivity (Wildman–Crippen MR) is 85.9 cm³/mol. The Morgan fingerprint density at radius 1 is 1.50 bits per heavy atom. The summed E-state index contributed by atoms with van der Waals surface area (Å²) in [7, 11) is 0. The van der Waals surface area contributed by atoms with Gasteiger partial charge in [-0.15, -0.1) is 0 Å². The van der Waals surface area contributed by atoms with E-state index in [1.165, 1.54) is 0 Å². The summed E-state index contributed by atoms with van der Waals surface area (Å²) in [6, 6.07) is -10.8. The Balaban J connectivity index is 2.03. The third-order valence-corrected chi connectivity index (χ3v) is 3.22. The largest absolute Gasteiger partial charge is 0.459 e. The van der Waals surface area contributed by atoms with E-state index in [1.807, 2.05) is 0 Å². The summed E-state index contributed by atoms with van der Waals surface area (Å²) in [5, 5.41) is -0.629. The number of aromatic amines is 1. The lowest BCUT2D eigenvalue weighted by atomic mass is 9.98. The Hall–Kier alpha value is -1.81. The minimum absolute atomic E-state index is 0.418. The van der Waals surface area contributed by atoms with Crippen LogP contribution in [0.25, 0.3) is 10.9 Å². The Morgan fingerprint density at radius 2 is 2.36 bits per heavy atom. The van der Waals surface area contributed by atoms with E-state index in [-0.39, 0.29) is 0 Å². The van der Waals surface area contributed by atoms with E-state index in [9.17, 15) is 4.79 Å². The van der Waals surface area contributed by atoms with Crippen molar-refractivity contribution in [1.29, 1.82) is 0 Å². The highest BCUT2D eigenvalue weighted by Gasteiger charge is 2.44. The molecule has 0 spiro atoms. The zero-order valence-electron chi connectivity index (χ0n) is 29.3. The fourth-order valence-corrected chi connectivity index (χ4v) is 2.18. The van der Waals surface area contributed by atoms with Crippen molar-refractivity contribution in [3.8, 4) is 0 Å². The number of fused-ring (bicyclic) bond motifs is 3. The van der Waals surface area contributed by atoms with Crippen LogP contribution >= 0.6 is 0 Å². The standard InChI is InChI=1S/C18H22N2O2/c1-11-7-12-8-13(9-17(11)20(12)2)22-18(21)15-10-19-16-6-4-3-5-14(15)16/h3-6,10-13,17,19H,7-9H2,1-2H3/i2D3,3D,4D,5D,6D,7D2,8D2,9D2,10D,11D,12D,13D,17D. The molecule has 0 amide bonds. The number of benzene rings is 1. The first-order chi connectivity index (χ1) is 17.7. The quantitative estimate of drug-likeness (QED) is 0.866. The molecule has 3 heterocycles. The summed E-state index contributed by atoms with van der Waals surface area (Å²) >= 11 is 0. The number of H-pyrrole nitrogens is 1. The molecule has 2 aromatic rings. The molecule has 4 unspecified atom stereocenters. The van der Waals surface area contributed by atoms with E-state index in [1.54, 1.807) is 0 Å². The highest BCUT2D eigenvalue weighted by molar-refractivity contribution is 6.04. The SMILES string of the molecule is [2H]c1[nH]c2c([2H])c([2H])c([2H])c([2H])c2c1C(=O)OC1([2H])C([2H])([2H])C2([2H])N(C([2H])([2H])[2H])C([2H])(C1([2H])[2H])C([2H])(C)C2([2H])[2H]. The summed E-state index contributed by atoms with van der Waals surface area (Å²) in [5.41, 5.74) is -1.44. The second-order valence-electron chi connectivity index (χ2n) is 4.63. The lowest BCUT2D eigenvalue weighted by molar-refractivity contribution is -0.00223. The Morgan fingerprint density at radius 3 is 3.23 bits per heavy atom. The zero-order chi connectivity index (χ0) is 31.2. The van der Waals surface area contributed by atoms with E-state index in [0.717, 1.165) is 0 Å². The topological polar surface area (TPSA) is 45.3 Å². The lowest BCUT2D eigenvalue weighted by Crippen LogP contribution is -2.44. The minimum atomic E-state index is -4.13. The summed E-state index contributed by atoms with van der Waals surface area (Å²) in [6.45, 7) is -3.18. The van der Waals surface area contributed by atoms with Crippen molar-refractivity contribution in [1.82, 2.24) is 9.88 Å². The zero-order valence-corrected chi connectivity index (χ0v) is 11.3. The number of carbonyl (C=O) groups is 1. The number of hydrogen-bond acceptors (Lipinski definition) is 3. The maximum atomic E-state index is 13.4. The van der Waals surface area contributed by atoms with Gasteiger partial charge in [-0.3, -0.25) is 4.90 Å². The van der Waals surface area contributed by atoms with Gasteiger partial charge >= 0.3 is 5.97 Å². The molecule has 2 aliphatic heterocycles. The molecule has 0 aliphatic carbocycles. The third-order valence-electron chi connectivity index (χ3n) is 3.22. The van der Waals surface area contributed by atoms with Crippen molar-refractivity contribution < 1.29 is 34.2 Å². The monoisotopic (exact) mass is 316 g/mol. The summed E-state index contributed by atoms with van der Waals surface area (Å²) in [4.78, 5) is 15.3.